The topological polar surface area (TPSA) is 29.5 Å². The van der Waals surface area contributed by atoms with Gasteiger partial charge in [-0.25, -0.2) is 0 Å². The van der Waals surface area contributed by atoms with Crippen LogP contribution < -0.4 is 0 Å². The summed E-state index contributed by atoms with van der Waals surface area (Å²) in [6.07, 6.45) is 18.0. The molecule has 3 aliphatic rings. The molecule has 0 bridgehead atoms. The Kier molecular flexibility index (Phi) is 5.61. The molecular formula is C19H34O2. The van der Waals surface area contributed by atoms with Crippen LogP contribution in [0.1, 0.15) is 89.9 Å². The van der Waals surface area contributed by atoms with Crippen molar-refractivity contribution in [2.75, 3.05) is 6.61 Å². The second-order valence-corrected chi connectivity index (χ2v) is 7.94. The van der Waals surface area contributed by atoms with Gasteiger partial charge in [0, 0.05) is 6.61 Å². The fraction of sp³-hybridized carbons (Fsp3) is 1.00. The molecule has 122 valence electrons. The second kappa shape index (κ2) is 7.46. The summed E-state index contributed by atoms with van der Waals surface area (Å²) in [6, 6.07) is 0. The van der Waals surface area contributed by atoms with Gasteiger partial charge in [0.2, 0.25) is 0 Å². The Bertz CT molecular complexity index is 295. The lowest BCUT2D eigenvalue weighted by Crippen LogP contribution is -2.45. The third-order valence-electron chi connectivity index (χ3n) is 6.41. The molecule has 0 aromatic rings. The van der Waals surface area contributed by atoms with Gasteiger partial charge in [0.1, 0.15) is 0 Å². The summed E-state index contributed by atoms with van der Waals surface area (Å²) in [5.74, 6) is 1.07. The van der Waals surface area contributed by atoms with Crippen molar-refractivity contribution in [3.8, 4) is 0 Å². The van der Waals surface area contributed by atoms with Gasteiger partial charge in [-0.2, -0.15) is 0 Å². The molecule has 1 heterocycles. The Hall–Kier alpha value is -0.0800. The van der Waals surface area contributed by atoms with Crippen LogP contribution in [0.3, 0.4) is 0 Å². The summed E-state index contributed by atoms with van der Waals surface area (Å²) in [5, 5.41) is 11.0. The van der Waals surface area contributed by atoms with Crippen molar-refractivity contribution in [1.82, 2.24) is 0 Å². The van der Waals surface area contributed by atoms with Crippen LogP contribution in [0.25, 0.3) is 0 Å². The van der Waals surface area contributed by atoms with Crippen LogP contribution in [-0.2, 0) is 4.74 Å². The van der Waals surface area contributed by atoms with E-state index in [1.165, 1.54) is 77.0 Å². The number of rotatable bonds is 2. The van der Waals surface area contributed by atoms with Crippen LogP contribution in [0.5, 0.6) is 0 Å². The summed E-state index contributed by atoms with van der Waals surface area (Å²) in [6.45, 7) is 0.883. The lowest BCUT2D eigenvalue weighted by atomic mass is 9.71. The Morgan fingerprint density at radius 2 is 1.38 bits per heavy atom. The predicted octanol–water partition coefficient (Wildman–Crippen LogP) is 4.84. The van der Waals surface area contributed by atoms with Crippen LogP contribution in [0, 0.1) is 11.8 Å². The summed E-state index contributed by atoms with van der Waals surface area (Å²) in [7, 11) is 0. The highest BCUT2D eigenvalue weighted by Crippen LogP contribution is 2.43. The number of hydrogen-bond donors (Lipinski definition) is 1. The van der Waals surface area contributed by atoms with Gasteiger partial charge in [0.25, 0.3) is 0 Å². The van der Waals surface area contributed by atoms with Gasteiger partial charge in [-0.05, 0) is 50.4 Å². The molecule has 1 aliphatic heterocycles. The average molecular weight is 294 g/mol. The molecule has 0 radical (unpaired) electrons. The molecule has 2 aliphatic carbocycles. The first kappa shape index (κ1) is 15.8. The maximum atomic E-state index is 11.0. The maximum absolute atomic E-state index is 11.0. The van der Waals surface area contributed by atoms with Crippen LogP contribution in [-0.4, -0.2) is 23.4 Å². The van der Waals surface area contributed by atoms with Crippen molar-refractivity contribution < 1.29 is 9.84 Å². The Balaban J connectivity index is 1.58. The van der Waals surface area contributed by atoms with Crippen molar-refractivity contribution in [1.29, 1.82) is 0 Å². The average Bonchev–Trinajstić information content (AvgIpc) is 2.47. The highest BCUT2D eigenvalue weighted by atomic mass is 16.5. The van der Waals surface area contributed by atoms with Gasteiger partial charge in [-0.3, -0.25) is 0 Å². The van der Waals surface area contributed by atoms with Gasteiger partial charge in [0.05, 0.1) is 11.7 Å². The van der Waals surface area contributed by atoms with Gasteiger partial charge in [-0.1, -0.05) is 51.4 Å². The highest BCUT2D eigenvalue weighted by molar-refractivity contribution is 4.92. The van der Waals surface area contributed by atoms with Gasteiger partial charge in [-0.15, -0.1) is 0 Å². The van der Waals surface area contributed by atoms with E-state index in [0.717, 1.165) is 19.4 Å². The van der Waals surface area contributed by atoms with Gasteiger partial charge < -0.3 is 9.84 Å². The third kappa shape index (κ3) is 4.01. The van der Waals surface area contributed by atoms with E-state index in [0.29, 0.717) is 11.8 Å². The van der Waals surface area contributed by atoms with Crippen molar-refractivity contribution in [2.45, 2.75) is 102 Å². The van der Waals surface area contributed by atoms with E-state index in [-0.39, 0.29) is 11.7 Å². The van der Waals surface area contributed by atoms with E-state index in [4.69, 9.17) is 4.74 Å². The predicted molar refractivity (Wildman–Crippen MR) is 86.3 cm³/mol. The molecule has 2 heteroatoms. The minimum atomic E-state index is -0.0641. The summed E-state index contributed by atoms with van der Waals surface area (Å²) >= 11 is 0. The zero-order valence-corrected chi connectivity index (χ0v) is 13.7. The van der Waals surface area contributed by atoms with Crippen molar-refractivity contribution in [2.24, 2.45) is 11.8 Å². The number of ether oxygens (including phenoxy) is 1. The number of aliphatic hydroxyl groups is 1. The van der Waals surface area contributed by atoms with E-state index in [1.807, 2.05) is 0 Å². The van der Waals surface area contributed by atoms with Crippen LogP contribution in [0.4, 0.5) is 0 Å². The number of aliphatic hydroxyl groups excluding tert-OH is 1. The molecule has 21 heavy (non-hydrogen) atoms. The third-order valence-corrected chi connectivity index (χ3v) is 6.41. The smallest absolute Gasteiger partial charge is 0.0686 e. The summed E-state index contributed by atoms with van der Waals surface area (Å²) in [5.41, 5.74) is 0.143. The first-order valence-electron chi connectivity index (χ1n) is 9.61. The summed E-state index contributed by atoms with van der Waals surface area (Å²) < 4.78 is 6.21. The Morgan fingerprint density at radius 3 is 2.10 bits per heavy atom. The molecule has 2 unspecified atom stereocenters. The molecular weight excluding hydrogens is 260 g/mol. The second-order valence-electron chi connectivity index (χ2n) is 7.94. The van der Waals surface area contributed by atoms with Crippen LogP contribution in [0.2, 0.25) is 0 Å². The molecule has 2 saturated carbocycles. The quantitative estimate of drug-likeness (QED) is 0.790. The van der Waals surface area contributed by atoms with E-state index in [2.05, 4.69) is 0 Å². The fourth-order valence-electron chi connectivity index (χ4n) is 5.12. The van der Waals surface area contributed by atoms with Crippen molar-refractivity contribution in [3.05, 3.63) is 0 Å². The lowest BCUT2D eigenvalue weighted by molar-refractivity contribution is -0.140. The molecule has 3 fully saturated rings. The van der Waals surface area contributed by atoms with E-state index >= 15 is 0 Å². The minimum Gasteiger partial charge on any atom is -0.393 e. The fourth-order valence-corrected chi connectivity index (χ4v) is 5.12. The standard InChI is InChI=1S/C19H34O2/c20-18(16-9-5-2-1-3-6-10-16)17-11-14-21-19(15-17)12-7-4-8-13-19/h16-18,20H,1-15H2. The van der Waals surface area contributed by atoms with E-state index < -0.39 is 0 Å². The Morgan fingerprint density at radius 1 is 0.762 bits per heavy atom. The van der Waals surface area contributed by atoms with Gasteiger partial charge >= 0.3 is 0 Å². The van der Waals surface area contributed by atoms with E-state index in [1.54, 1.807) is 0 Å². The molecule has 2 nitrogen and oxygen atoms in total. The molecule has 0 aromatic carbocycles. The first-order chi connectivity index (χ1) is 10.3. The monoisotopic (exact) mass is 294 g/mol. The van der Waals surface area contributed by atoms with Gasteiger partial charge in [0.15, 0.2) is 0 Å². The first-order valence-corrected chi connectivity index (χ1v) is 9.61. The largest absolute Gasteiger partial charge is 0.393 e. The summed E-state index contributed by atoms with van der Waals surface area (Å²) in [4.78, 5) is 0. The molecule has 2 atom stereocenters. The van der Waals surface area contributed by atoms with Crippen molar-refractivity contribution in [3.63, 3.8) is 0 Å². The molecule has 1 spiro atoms. The number of hydrogen-bond acceptors (Lipinski definition) is 2. The molecule has 3 rings (SSSR count). The zero-order chi connectivity index (χ0) is 14.5. The van der Waals surface area contributed by atoms with E-state index in [9.17, 15) is 5.11 Å². The SMILES string of the molecule is OC(C1CCCCCCC1)C1CCOC2(CCCCC2)C1. The minimum absolute atomic E-state index is 0.0641. The zero-order valence-electron chi connectivity index (χ0n) is 13.7. The maximum Gasteiger partial charge on any atom is 0.0686 e. The Labute approximate surface area is 130 Å². The van der Waals surface area contributed by atoms with Crippen molar-refractivity contribution >= 4 is 0 Å². The molecule has 1 N–H and O–H groups in total. The lowest BCUT2D eigenvalue weighted by Gasteiger charge is -2.46. The molecule has 0 aromatic heterocycles. The highest BCUT2D eigenvalue weighted by Gasteiger charge is 2.41. The van der Waals surface area contributed by atoms with Crippen LogP contribution in [0.15, 0.2) is 0 Å². The van der Waals surface area contributed by atoms with Crippen LogP contribution >= 0.6 is 0 Å². The normalized spacial score (nSPS) is 33.3. The molecule has 0 amide bonds. The molecule has 1 saturated heterocycles.